The van der Waals surface area contributed by atoms with Crippen LogP contribution in [0.3, 0.4) is 0 Å². The van der Waals surface area contributed by atoms with Crippen LogP contribution in [0.5, 0.6) is 0 Å². The number of amides is 1. The van der Waals surface area contributed by atoms with Gasteiger partial charge in [0.05, 0.1) is 4.90 Å². The van der Waals surface area contributed by atoms with Crippen LogP contribution in [-0.4, -0.2) is 20.9 Å². The number of hydrogen-bond donors (Lipinski definition) is 0. The maximum Gasteiger partial charge on any atom is 0.261 e. The van der Waals surface area contributed by atoms with Crippen molar-refractivity contribution in [3.8, 4) is 0 Å². The van der Waals surface area contributed by atoms with Crippen molar-refractivity contribution < 1.29 is 13.2 Å². The van der Waals surface area contributed by atoms with Crippen molar-refractivity contribution in [1.29, 1.82) is 0 Å². The summed E-state index contributed by atoms with van der Waals surface area (Å²) < 4.78 is 22.5. The van der Waals surface area contributed by atoms with E-state index in [0.29, 0.717) is 13.0 Å². The second-order valence-corrected chi connectivity index (χ2v) is 7.19. The fourth-order valence-corrected chi connectivity index (χ4v) is 2.87. The zero-order chi connectivity index (χ0) is 13.5. The minimum atomic E-state index is -3.71. The van der Waals surface area contributed by atoms with Gasteiger partial charge in [0, 0.05) is 28.8 Å². The summed E-state index contributed by atoms with van der Waals surface area (Å²) in [5, 5.41) is 0. The quantitative estimate of drug-likeness (QED) is 0.783. The Morgan fingerprint density at radius 1 is 1.39 bits per heavy atom. The highest BCUT2D eigenvalue weighted by Crippen LogP contribution is 2.31. The van der Waals surface area contributed by atoms with Crippen LogP contribution in [0.15, 0.2) is 23.1 Å². The Morgan fingerprint density at radius 3 is 2.61 bits per heavy atom. The largest absolute Gasteiger partial charge is 0.312 e. The molecule has 0 saturated heterocycles. The summed E-state index contributed by atoms with van der Waals surface area (Å²) in [7, 11) is 1.59. The molecule has 0 fully saturated rings. The van der Waals surface area contributed by atoms with Gasteiger partial charge in [-0.3, -0.25) is 4.79 Å². The van der Waals surface area contributed by atoms with E-state index in [-0.39, 0.29) is 16.7 Å². The van der Waals surface area contributed by atoms with Crippen LogP contribution < -0.4 is 4.90 Å². The van der Waals surface area contributed by atoms with Gasteiger partial charge in [0.1, 0.15) is 0 Å². The molecule has 4 nitrogen and oxygen atoms in total. The minimum absolute atomic E-state index is 0.0511. The Bertz CT molecular complexity index is 595. The number of carbonyl (C=O) groups excluding carboxylic acids is 1. The third kappa shape index (κ3) is 2.37. The lowest BCUT2D eigenvalue weighted by Crippen LogP contribution is -2.32. The molecule has 0 atom stereocenters. The molecule has 0 unspecified atom stereocenters. The zero-order valence-electron chi connectivity index (χ0n) is 10.2. The van der Waals surface area contributed by atoms with Gasteiger partial charge in [-0.05, 0) is 30.2 Å². The number of hydrogen-bond acceptors (Lipinski definition) is 3. The first-order chi connectivity index (χ1) is 8.30. The van der Waals surface area contributed by atoms with Crippen LogP contribution in [0.4, 0.5) is 5.69 Å². The first-order valence-corrected chi connectivity index (χ1v) is 8.00. The van der Waals surface area contributed by atoms with E-state index in [1.807, 2.05) is 13.8 Å². The van der Waals surface area contributed by atoms with Gasteiger partial charge in [-0.25, -0.2) is 8.42 Å². The summed E-state index contributed by atoms with van der Waals surface area (Å²) in [4.78, 5) is 13.8. The number of halogens is 1. The number of benzene rings is 1. The van der Waals surface area contributed by atoms with E-state index >= 15 is 0 Å². The Labute approximate surface area is 111 Å². The summed E-state index contributed by atoms with van der Waals surface area (Å²) in [6, 6.07) is 4.64. The average molecular weight is 288 g/mol. The molecule has 0 saturated carbocycles. The van der Waals surface area contributed by atoms with E-state index in [9.17, 15) is 13.2 Å². The monoisotopic (exact) mass is 287 g/mol. The van der Waals surface area contributed by atoms with Crippen LogP contribution in [0.25, 0.3) is 0 Å². The molecule has 1 heterocycles. The van der Waals surface area contributed by atoms with E-state index in [4.69, 9.17) is 10.7 Å². The first kappa shape index (κ1) is 13.4. The molecule has 6 heteroatoms. The molecule has 0 spiro atoms. The molecule has 0 bridgehead atoms. The maximum atomic E-state index is 12.0. The van der Waals surface area contributed by atoms with Crippen LogP contribution in [0.2, 0.25) is 0 Å². The summed E-state index contributed by atoms with van der Waals surface area (Å²) in [5.41, 5.74) is 1.64. The third-order valence-electron chi connectivity index (χ3n) is 2.99. The normalized spacial score (nSPS) is 15.0. The number of fused-ring (bicyclic) bond motifs is 1. The highest BCUT2D eigenvalue weighted by atomic mass is 35.7. The predicted molar refractivity (Wildman–Crippen MR) is 70.4 cm³/mol. The summed E-state index contributed by atoms with van der Waals surface area (Å²) >= 11 is 0. The summed E-state index contributed by atoms with van der Waals surface area (Å²) in [6.45, 7) is 4.29. The fraction of sp³-hybridized carbons (Fsp3) is 0.417. The molecule has 1 aliphatic heterocycles. The Hall–Kier alpha value is -1.07. The summed E-state index contributed by atoms with van der Waals surface area (Å²) in [5.74, 6) is -0.0254. The number of rotatable bonds is 2. The lowest BCUT2D eigenvalue weighted by molar-refractivity contribution is -0.121. The van der Waals surface area contributed by atoms with Gasteiger partial charge >= 0.3 is 0 Å². The molecule has 1 aliphatic rings. The van der Waals surface area contributed by atoms with E-state index < -0.39 is 9.05 Å². The molecule has 18 heavy (non-hydrogen) atoms. The van der Waals surface area contributed by atoms with Crippen LogP contribution in [-0.2, 0) is 20.3 Å². The van der Waals surface area contributed by atoms with Crippen molar-refractivity contribution in [2.24, 2.45) is 5.92 Å². The van der Waals surface area contributed by atoms with E-state index in [1.165, 1.54) is 6.07 Å². The van der Waals surface area contributed by atoms with Gasteiger partial charge in [0.25, 0.3) is 9.05 Å². The Morgan fingerprint density at radius 2 is 2.06 bits per heavy atom. The Kier molecular flexibility index (Phi) is 3.38. The van der Waals surface area contributed by atoms with Crippen LogP contribution in [0.1, 0.15) is 19.4 Å². The molecule has 0 aromatic heterocycles. The van der Waals surface area contributed by atoms with Gasteiger partial charge in [-0.15, -0.1) is 0 Å². The van der Waals surface area contributed by atoms with E-state index in [0.717, 1.165) is 11.3 Å². The number of nitrogens with zero attached hydrogens (tertiary/aromatic N) is 1. The minimum Gasteiger partial charge on any atom is -0.312 e. The van der Waals surface area contributed by atoms with Crippen molar-refractivity contribution in [1.82, 2.24) is 0 Å². The molecule has 98 valence electrons. The highest BCUT2D eigenvalue weighted by Gasteiger charge is 2.27. The van der Waals surface area contributed by atoms with E-state index in [2.05, 4.69) is 0 Å². The van der Waals surface area contributed by atoms with Crippen molar-refractivity contribution in [2.45, 2.75) is 25.2 Å². The van der Waals surface area contributed by atoms with Crippen molar-refractivity contribution >= 4 is 31.3 Å². The molecule has 0 N–H and O–H groups in total. The Balaban J connectivity index is 2.40. The van der Waals surface area contributed by atoms with Gasteiger partial charge in [0.15, 0.2) is 0 Å². The van der Waals surface area contributed by atoms with Gasteiger partial charge in [0.2, 0.25) is 5.91 Å². The molecular weight excluding hydrogens is 274 g/mol. The van der Waals surface area contributed by atoms with Crippen molar-refractivity contribution in [3.05, 3.63) is 23.8 Å². The fourth-order valence-electron chi connectivity index (χ4n) is 2.07. The predicted octanol–water partition coefficient (Wildman–Crippen LogP) is 2.16. The third-order valence-corrected chi connectivity index (χ3v) is 4.34. The van der Waals surface area contributed by atoms with Crippen molar-refractivity contribution in [3.63, 3.8) is 0 Å². The maximum absolute atomic E-state index is 12.0. The van der Waals surface area contributed by atoms with Gasteiger partial charge < -0.3 is 4.90 Å². The number of carbonyl (C=O) groups is 1. The van der Waals surface area contributed by atoms with Gasteiger partial charge in [-0.2, -0.15) is 0 Å². The van der Waals surface area contributed by atoms with Crippen molar-refractivity contribution in [2.75, 3.05) is 11.4 Å². The average Bonchev–Trinajstić information content (AvgIpc) is 2.69. The lowest BCUT2D eigenvalue weighted by Gasteiger charge is -2.19. The number of anilines is 1. The molecule has 1 aromatic rings. The molecule has 1 amide bonds. The molecule has 2 rings (SSSR count). The second-order valence-electron chi connectivity index (χ2n) is 4.62. The molecule has 0 aliphatic carbocycles. The standard InChI is InChI=1S/C12H14ClNO3S/c1-8(2)12(15)14-6-5-9-7-10(18(13,16)17)3-4-11(9)14/h3-4,7-8H,5-6H2,1-2H3. The first-order valence-electron chi connectivity index (χ1n) is 5.69. The summed E-state index contributed by atoms with van der Waals surface area (Å²) in [6.07, 6.45) is 0.661. The smallest absolute Gasteiger partial charge is 0.261 e. The second kappa shape index (κ2) is 4.55. The molecule has 0 radical (unpaired) electrons. The highest BCUT2D eigenvalue weighted by molar-refractivity contribution is 8.13. The van der Waals surface area contributed by atoms with Gasteiger partial charge in [-0.1, -0.05) is 13.8 Å². The lowest BCUT2D eigenvalue weighted by atomic mass is 10.1. The van der Waals surface area contributed by atoms with Crippen LogP contribution >= 0.6 is 10.7 Å². The molecular formula is C12H14ClNO3S. The van der Waals surface area contributed by atoms with Crippen LogP contribution in [0, 0.1) is 5.92 Å². The topological polar surface area (TPSA) is 54.5 Å². The zero-order valence-corrected chi connectivity index (χ0v) is 11.8. The van der Waals surface area contributed by atoms with E-state index in [1.54, 1.807) is 17.0 Å². The SMILES string of the molecule is CC(C)C(=O)N1CCc2cc(S(=O)(=O)Cl)ccc21. The molecule has 1 aromatic carbocycles.